The Kier molecular flexibility index (Phi) is 6.31. The largest absolute Gasteiger partial charge is 0.488 e. The van der Waals surface area contributed by atoms with Gasteiger partial charge in [0.2, 0.25) is 0 Å². The van der Waals surface area contributed by atoms with Crippen molar-refractivity contribution in [3.05, 3.63) is 24.0 Å². The lowest BCUT2D eigenvalue weighted by atomic mass is 9.85. The second-order valence-corrected chi connectivity index (χ2v) is 5.77. The number of nitrogens with one attached hydrogen (secondary N) is 1. The van der Waals surface area contributed by atoms with E-state index in [0.29, 0.717) is 12.0 Å². The summed E-state index contributed by atoms with van der Waals surface area (Å²) in [5.41, 5.74) is 1.23. The zero-order valence-electron chi connectivity index (χ0n) is 12.9. The summed E-state index contributed by atoms with van der Waals surface area (Å²) < 4.78 is 6.32. The van der Waals surface area contributed by atoms with Gasteiger partial charge in [-0.2, -0.15) is 0 Å². The molecule has 0 aliphatic heterocycles. The van der Waals surface area contributed by atoms with Gasteiger partial charge in [0.05, 0.1) is 6.20 Å². The molecule has 1 aromatic rings. The van der Waals surface area contributed by atoms with Crippen molar-refractivity contribution in [2.75, 3.05) is 6.54 Å². The molecule has 2 rings (SSSR count). The molecule has 1 aliphatic carbocycles. The Bertz CT molecular complexity index is 394. The molecule has 0 aromatic carbocycles. The fourth-order valence-corrected chi connectivity index (χ4v) is 3.02. The van der Waals surface area contributed by atoms with Crippen LogP contribution in [0, 0.1) is 5.92 Å². The van der Waals surface area contributed by atoms with Gasteiger partial charge >= 0.3 is 0 Å². The molecular weight excluding hydrogens is 248 g/mol. The summed E-state index contributed by atoms with van der Waals surface area (Å²) in [5.74, 6) is 1.68. The molecule has 0 amide bonds. The summed E-state index contributed by atoms with van der Waals surface area (Å²) in [7, 11) is 0. The minimum atomic E-state index is 0.378. The first kappa shape index (κ1) is 15.3. The quantitative estimate of drug-likeness (QED) is 0.766. The van der Waals surface area contributed by atoms with Gasteiger partial charge in [-0.3, -0.25) is 4.98 Å². The fourth-order valence-electron chi connectivity index (χ4n) is 3.02. The lowest BCUT2D eigenvalue weighted by molar-refractivity contribution is 0.0889. The average molecular weight is 276 g/mol. The minimum Gasteiger partial charge on any atom is -0.488 e. The predicted molar refractivity (Wildman–Crippen MR) is 82.9 cm³/mol. The van der Waals surface area contributed by atoms with E-state index in [1.165, 1.54) is 37.7 Å². The van der Waals surface area contributed by atoms with Crippen molar-refractivity contribution in [1.82, 2.24) is 10.3 Å². The summed E-state index contributed by atoms with van der Waals surface area (Å²) in [6, 6.07) is 2.07. The number of ether oxygens (including phenoxy) is 1. The highest BCUT2D eigenvalue weighted by molar-refractivity contribution is 5.30. The lowest BCUT2D eigenvalue weighted by Gasteiger charge is -2.31. The van der Waals surface area contributed by atoms with Gasteiger partial charge < -0.3 is 10.1 Å². The molecule has 2 atom stereocenters. The van der Waals surface area contributed by atoms with Crippen molar-refractivity contribution < 1.29 is 4.74 Å². The lowest BCUT2D eigenvalue weighted by Crippen LogP contribution is -2.30. The van der Waals surface area contributed by atoms with E-state index in [-0.39, 0.29) is 0 Å². The van der Waals surface area contributed by atoms with Crippen LogP contribution in [0.1, 0.15) is 57.9 Å². The van der Waals surface area contributed by atoms with Gasteiger partial charge in [0.25, 0.3) is 0 Å². The zero-order chi connectivity index (χ0) is 14.2. The molecule has 1 fully saturated rings. The molecule has 112 valence electrons. The Balaban J connectivity index is 2.00. The van der Waals surface area contributed by atoms with E-state index in [1.54, 1.807) is 0 Å². The average Bonchev–Trinajstić information content (AvgIpc) is 2.50. The number of pyridine rings is 1. The summed E-state index contributed by atoms with van der Waals surface area (Å²) in [6.45, 7) is 6.38. The van der Waals surface area contributed by atoms with Crippen LogP contribution in [-0.4, -0.2) is 17.6 Å². The topological polar surface area (TPSA) is 34.2 Å². The summed E-state index contributed by atoms with van der Waals surface area (Å²) >= 11 is 0. The molecule has 20 heavy (non-hydrogen) atoms. The fraction of sp³-hybridized carbons (Fsp3) is 0.706. The summed E-state index contributed by atoms with van der Waals surface area (Å²) in [6.07, 6.45) is 11.6. The van der Waals surface area contributed by atoms with Crippen LogP contribution in [0.4, 0.5) is 0 Å². The second kappa shape index (κ2) is 8.25. The predicted octanol–water partition coefficient (Wildman–Crippen LogP) is 3.93. The summed E-state index contributed by atoms with van der Waals surface area (Å²) in [5, 5.41) is 3.45. The van der Waals surface area contributed by atoms with Crippen LogP contribution in [0.2, 0.25) is 0 Å². The standard InChI is InChI=1S/C17H28N2O/c1-3-10-18-12-15-9-11-19-13-17(15)20-16-8-6-5-7-14(16)4-2/h9,11,13-14,16,18H,3-8,10,12H2,1-2H3. The summed E-state index contributed by atoms with van der Waals surface area (Å²) in [4.78, 5) is 4.24. The third-order valence-corrected chi connectivity index (χ3v) is 4.25. The Labute approximate surface area is 123 Å². The SMILES string of the molecule is CCCNCc1ccncc1OC1CCCCC1CC. The van der Waals surface area contributed by atoms with E-state index in [4.69, 9.17) is 4.74 Å². The number of rotatable bonds is 7. The normalized spacial score (nSPS) is 22.7. The van der Waals surface area contributed by atoms with E-state index in [1.807, 2.05) is 12.4 Å². The van der Waals surface area contributed by atoms with Gasteiger partial charge in [0.15, 0.2) is 0 Å². The van der Waals surface area contributed by atoms with Crippen LogP contribution in [0.5, 0.6) is 5.75 Å². The number of hydrogen-bond acceptors (Lipinski definition) is 3. The van der Waals surface area contributed by atoms with Crippen molar-refractivity contribution in [1.29, 1.82) is 0 Å². The molecule has 1 heterocycles. The highest BCUT2D eigenvalue weighted by Gasteiger charge is 2.25. The first-order valence-electron chi connectivity index (χ1n) is 8.15. The van der Waals surface area contributed by atoms with Gasteiger partial charge in [-0.05, 0) is 50.6 Å². The molecule has 3 heteroatoms. The van der Waals surface area contributed by atoms with Crippen LogP contribution >= 0.6 is 0 Å². The van der Waals surface area contributed by atoms with Crippen LogP contribution in [0.15, 0.2) is 18.5 Å². The highest BCUT2D eigenvalue weighted by Crippen LogP contribution is 2.31. The zero-order valence-corrected chi connectivity index (χ0v) is 12.9. The highest BCUT2D eigenvalue weighted by atomic mass is 16.5. The van der Waals surface area contributed by atoms with Gasteiger partial charge in [-0.25, -0.2) is 0 Å². The van der Waals surface area contributed by atoms with Gasteiger partial charge in [-0.1, -0.05) is 20.3 Å². The first-order chi connectivity index (χ1) is 9.85. The molecule has 1 aromatic heterocycles. The minimum absolute atomic E-state index is 0.378. The van der Waals surface area contributed by atoms with Crippen molar-refractivity contribution in [3.8, 4) is 5.75 Å². The van der Waals surface area contributed by atoms with Gasteiger partial charge in [0, 0.05) is 18.3 Å². The molecule has 0 bridgehead atoms. The van der Waals surface area contributed by atoms with E-state index >= 15 is 0 Å². The maximum atomic E-state index is 6.32. The van der Waals surface area contributed by atoms with Gasteiger partial charge in [-0.15, -0.1) is 0 Å². The third kappa shape index (κ3) is 4.20. The molecule has 2 unspecified atom stereocenters. The monoisotopic (exact) mass is 276 g/mol. The maximum Gasteiger partial charge on any atom is 0.142 e. The maximum absolute atomic E-state index is 6.32. The molecule has 0 radical (unpaired) electrons. The van der Waals surface area contributed by atoms with Gasteiger partial charge in [0.1, 0.15) is 11.9 Å². The number of nitrogens with zero attached hydrogens (tertiary/aromatic N) is 1. The third-order valence-electron chi connectivity index (χ3n) is 4.25. The Morgan fingerprint density at radius 1 is 1.30 bits per heavy atom. The van der Waals surface area contributed by atoms with Crippen molar-refractivity contribution in [2.45, 2.75) is 65.0 Å². The molecule has 3 nitrogen and oxygen atoms in total. The van der Waals surface area contributed by atoms with Crippen LogP contribution in [-0.2, 0) is 6.54 Å². The smallest absolute Gasteiger partial charge is 0.142 e. The van der Waals surface area contributed by atoms with Crippen LogP contribution < -0.4 is 10.1 Å². The molecule has 0 spiro atoms. The van der Waals surface area contributed by atoms with E-state index in [2.05, 4.69) is 30.2 Å². The molecule has 1 N–H and O–H groups in total. The van der Waals surface area contributed by atoms with Crippen molar-refractivity contribution in [3.63, 3.8) is 0 Å². The number of hydrogen-bond donors (Lipinski definition) is 1. The van der Waals surface area contributed by atoms with Crippen molar-refractivity contribution in [2.24, 2.45) is 5.92 Å². The molecule has 1 saturated carbocycles. The van der Waals surface area contributed by atoms with E-state index < -0.39 is 0 Å². The molecule has 1 aliphatic rings. The first-order valence-corrected chi connectivity index (χ1v) is 8.15. The Hall–Kier alpha value is -1.09. The second-order valence-electron chi connectivity index (χ2n) is 5.77. The Morgan fingerprint density at radius 2 is 2.15 bits per heavy atom. The van der Waals surface area contributed by atoms with Crippen molar-refractivity contribution >= 4 is 0 Å². The molecule has 0 saturated heterocycles. The van der Waals surface area contributed by atoms with Crippen LogP contribution in [0.25, 0.3) is 0 Å². The number of aromatic nitrogens is 1. The molecular formula is C17H28N2O. The van der Waals surface area contributed by atoms with E-state index in [9.17, 15) is 0 Å². The van der Waals surface area contributed by atoms with Crippen LogP contribution in [0.3, 0.4) is 0 Å². The van der Waals surface area contributed by atoms with E-state index in [0.717, 1.165) is 25.3 Å². The Morgan fingerprint density at radius 3 is 2.95 bits per heavy atom.